The highest BCUT2D eigenvalue weighted by Gasteiger charge is 2.32. The lowest BCUT2D eigenvalue weighted by molar-refractivity contribution is 0.0409. The Morgan fingerprint density at radius 2 is 2.08 bits per heavy atom. The molecule has 2 aromatic heterocycles. The Morgan fingerprint density at radius 3 is 2.79 bits per heavy atom. The fourth-order valence-corrected chi connectivity index (χ4v) is 3.65. The number of aromatic nitrogens is 4. The zero-order chi connectivity index (χ0) is 16.5. The van der Waals surface area contributed by atoms with Crippen LogP contribution in [0.25, 0.3) is 0 Å². The number of ether oxygens (including phenoxy) is 1. The molecular weight excluding hydrogens is 302 g/mol. The minimum absolute atomic E-state index is 0.287. The zero-order valence-corrected chi connectivity index (χ0v) is 14.7. The number of rotatable bonds is 7. The SMILES string of the molecule is CCn1ncc2c1[C@H](COCC1CC1)N(Cc1cnn(C)c1)CC2. The van der Waals surface area contributed by atoms with E-state index in [1.54, 1.807) is 0 Å². The van der Waals surface area contributed by atoms with Crippen molar-refractivity contribution in [2.75, 3.05) is 19.8 Å². The summed E-state index contributed by atoms with van der Waals surface area (Å²) in [7, 11) is 1.97. The van der Waals surface area contributed by atoms with Crippen molar-refractivity contribution in [3.8, 4) is 0 Å². The summed E-state index contributed by atoms with van der Waals surface area (Å²) in [4.78, 5) is 2.53. The van der Waals surface area contributed by atoms with Gasteiger partial charge >= 0.3 is 0 Å². The quantitative estimate of drug-likeness (QED) is 0.781. The Kier molecular flexibility index (Phi) is 4.41. The maximum atomic E-state index is 6.09. The Labute approximate surface area is 143 Å². The third-order valence-electron chi connectivity index (χ3n) is 5.15. The summed E-state index contributed by atoms with van der Waals surface area (Å²) in [5.41, 5.74) is 4.00. The fourth-order valence-electron chi connectivity index (χ4n) is 3.65. The van der Waals surface area contributed by atoms with E-state index < -0.39 is 0 Å². The van der Waals surface area contributed by atoms with Crippen LogP contribution >= 0.6 is 0 Å². The third-order valence-corrected chi connectivity index (χ3v) is 5.15. The van der Waals surface area contributed by atoms with Gasteiger partial charge in [-0.05, 0) is 37.7 Å². The smallest absolute Gasteiger partial charge is 0.0760 e. The molecule has 24 heavy (non-hydrogen) atoms. The van der Waals surface area contributed by atoms with Crippen LogP contribution < -0.4 is 0 Å². The minimum Gasteiger partial charge on any atom is -0.379 e. The van der Waals surface area contributed by atoms with Crippen LogP contribution in [0.2, 0.25) is 0 Å². The molecule has 0 spiro atoms. The molecule has 1 aliphatic heterocycles. The monoisotopic (exact) mass is 329 g/mol. The summed E-state index contributed by atoms with van der Waals surface area (Å²) in [6, 6.07) is 0.287. The van der Waals surface area contributed by atoms with E-state index >= 15 is 0 Å². The highest BCUT2D eigenvalue weighted by atomic mass is 16.5. The summed E-state index contributed by atoms with van der Waals surface area (Å²) >= 11 is 0. The molecule has 0 aromatic carbocycles. The van der Waals surface area contributed by atoms with Crippen molar-refractivity contribution in [1.82, 2.24) is 24.5 Å². The van der Waals surface area contributed by atoms with Gasteiger partial charge in [0.1, 0.15) is 0 Å². The van der Waals surface area contributed by atoms with Crippen molar-refractivity contribution in [3.63, 3.8) is 0 Å². The van der Waals surface area contributed by atoms with Crippen LogP contribution in [0.4, 0.5) is 0 Å². The van der Waals surface area contributed by atoms with Gasteiger partial charge in [-0.2, -0.15) is 10.2 Å². The summed E-state index contributed by atoms with van der Waals surface area (Å²) < 4.78 is 10.1. The predicted octanol–water partition coefficient (Wildman–Crippen LogP) is 2.16. The number of nitrogens with zero attached hydrogens (tertiary/aromatic N) is 5. The van der Waals surface area contributed by atoms with Crippen LogP contribution in [0.1, 0.15) is 42.6 Å². The lowest BCUT2D eigenvalue weighted by Gasteiger charge is -2.36. The second-order valence-electron chi connectivity index (χ2n) is 7.11. The molecule has 1 saturated carbocycles. The molecule has 0 unspecified atom stereocenters. The van der Waals surface area contributed by atoms with Gasteiger partial charge in [-0.25, -0.2) is 0 Å². The van der Waals surface area contributed by atoms with Gasteiger partial charge in [-0.3, -0.25) is 14.3 Å². The average Bonchev–Trinajstić information content (AvgIpc) is 3.16. The highest BCUT2D eigenvalue weighted by molar-refractivity contribution is 5.25. The molecule has 1 fully saturated rings. The van der Waals surface area contributed by atoms with E-state index in [0.717, 1.165) is 45.2 Å². The van der Waals surface area contributed by atoms with Crippen LogP contribution in [0.5, 0.6) is 0 Å². The third kappa shape index (κ3) is 3.26. The minimum atomic E-state index is 0.287. The second-order valence-corrected chi connectivity index (χ2v) is 7.11. The zero-order valence-electron chi connectivity index (χ0n) is 14.7. The van der Waals surface area contributed by atoms with Crippen LogP contribution in [0, 0.1) is 5.92 Å². The summed E-state index contributed by atoms with van der Waals surface area (Å²) in [5.74, 6) is 0.802. The molecule has 0 saturated heterocycles. The van der Waals surface area contributed by atoms with E-state index in [0.29, 0.717) is 0 Å². The Morgan fingerprint density at radius 1 is 1.21 bits per heavy atom. The lowest BCUT2D eigenvalue weighted by atomic mass is 9.99. The summed E-state index contributed by atoms with van der Waals surface area (Å²) in [5, 5.41) is 8.90. The average molecular weight is 329 g/mol. The Hall–Kier alpha value is -1.66. The van der Waals surface area contributed by atoms with Crippen molar-refractivity contribution >= 4 is 0 Å². The molecule has 4 rings (SSSR count). The van der Waals surface area contributed by atoms with Crippen molar-refractivity contribution in [2.45, 2.75) is 45.3 Å². The number of hydrogen-bond donors (Lipinski definition) is 0. The van der Waals surface area contributed by atoms with Crippen LogP contribution in [0.3, 0.4) is 0 Å². The van der Waals surface area contributed by atoms with E-state index in [2.05, 4.69) is 32.9 Å². The van der Waals surface area contributed by atoms with E-state index in [9.17, 15) is 0 Å². The summed E-state index contributed by atoms with van der Waals surface area (Å²) in [6.45, 7) is 6.71. The van der Waals surface area contributed by atoms with Gasteiger partial charge in [-0.1, -0.05) is 0 Å². The van der Waals surface area contributed by atoms with Crippen LogP contribution in [0.15, 0.2) is 18.6 Å². The first-order chi connectivity index (χ1) is 11.7. The molecular formula is C18H27N5O. The van der Waals surface area contributed by atoms with Crippen molar-refractivity contribution < 1.29 is 4.74 Å². The second kappa shape index (κ2) is 6.69. The maximum Gasteiger partial charge on any atom is 0.0760 e. The van der Waals surface area contributed by atoms with Gasteiger partial charge in [0.05, 0.1) is 30.7 Å². The van der Waals surface area contributed by atoms with Gasteiger partial charge in [0.25, 0.3) is 0 Å². The van der Waals surface area contributed by atoms with Gasteiger partial charge in [0, 0.05) is 45.0 Å². The molecule has 1 aliphatic carbocycles. The highest BCUT2D eigenvalue weighted by Crippen LogP contribution is 2.33. The largest absolute Gasteiger partial charge is 0.379 e. The molecule has 3 heterocycles. The van der Waals surface area contributed by atoms with Gasteiger partial charge in [-0.15, -0.1) is 0 Å². The standard InChI is InChI=1S/C18H27N5O/c1-3-23-18-16(9-20-23)6-7-22(11-15-8-19-21(2)10-15)17(18)13-24-12-14-4-5-14/h8-10,14,17H,3-7,11-13H2,1-2H3/t17-/m0/s1. The van der Waals surface area contributed by atoms with Crippen molar-refractivity contribution in [1.29, 1.82) is 0 Å². The van der Waals surface area contributed by atoms with E-state index in [4.69, 9.17) is 4.74 Å². The van der Waals surface area contributed by atoms with Crippen LogP contribution in [-0.4, -0.2) is 44.2 Å². The number of fused-ring (bicyclic) bond motifs is 1. The number of hydrogen-bond acceptors (Lipinski definition) is 4. The summed E-state index contributed by atoms with van der Waals surface area (Å²) in [6.07, 6.45) is 9.86. The van der Waals surface area contributed by atoms with Gasteiger partial charge in [0.2, 0.25) is 0 Å². The molecule has 2 aliphatic rings. The number of aryl methyl sites for hydroxylation is 2. The van der Waals surface area contributed by atoms with Crippen LogP contribution in [-0.2, 0) is 31.3 Å². The molecule has 6 nitrogen and oxygen atoms in total. The topological polar surface area (TPSA) is 48.1 Å². The first-order valence-corrected chi connectivity index (χ1v) is 9.08. The Balaban J connectivity index is 1.54. The first-order valence-electron chi connectivity index (χ1n) is 9.08. The molecule has 130 valence electrons. The van der Waals surface area contributed by atoms with E-state index in [-0.39, 0.29) is 6.04 Å². The van der Waals surface area contributed by atoms with Gasteiger partial charge in [0.15, 0.2) is 0 Å². The molecule has 0 N–H and O–H groups in total. The van der Waals surface area contributed by atoms with Crippen molar-refractivity contribution in [3.05, 3.63) is 35.4 Å². The molecule has 6 heteroatoms. The lowest BCUT2D eigenvalue weighted by Crippen LogP contribution is -2.38. The van der Waals surface area contributed by atoms with E-state index in [1.807, 2.05) is 24.1 Å². The molecule has 0 amide bonds. The normalized spacial score (nSPS) is 21.2. The molecule has 0 bridgehead atoms. The Bertz CT molecular complexity index is 674. The predicted molar refractivity (Wildman–Crippen MR) is 91.5 cm³/mol. The maximum absolute atomic E-state index is 6.09. The molecule has 2 aromatic rings. The van der Waals surface area contributed by atoms with Gasteiger partial charge < -0.3 is 4.74 Å². The first kappa shape index (κ1) is 15.8. The van der Waals surface area contributed by atoms with Crippen molar-refractivity contribution in [2.24, 2.45) is 13.0 Å². The fraction of sp³-hybridized carbons (Fsp3) is 0.667. The molecule has 1 atom stereocenters. The molecule has 0 radical (unpaired) electrons. The van der Waals surface area contributed by atoms with E-state index in [1.165, 1.54) is 29.7 Å².